The predicted molar refractivity (Wildman–Crippen MR) is 158 cm³/mol. The first-order valence-electron chi connectivity index (χ1n) is 15.4. The Morgan fingerprint density at radius 2 is 1.50 bits per heavy atom. The Bertz CT molecular complexity index is 1300. The Kier molecular flexibility index (Phi) is 9.50. The molecule has 8 nitrogen and oxygen atoms in total. The van der Waals surface area contributed by atoms with Gasteiger partial charge in [-0.25, -0.2) is 0 Å². The minimum atomic E-state index is -0.871. The number of Topliss-reactive ketones (excluding diaryl/α,β-unsaturated/α-hetero) is 2. The van der Waals surface area contributed by atoms with Crippen molar-refractivity contribution in [2.45, 2.75) is 82.8 Å². The zero-order valence-corrected chi connectivity index (χ0v) is 24.3. The molecule has 3 amide bonds. The molecular formula is C34H41N3O5. The number of fused-ring (bicyclic) bond motifs is 2. The lowest BCUT2D eigenvalue weighted by Crippen LogP contribution is -2.53. The average Bonchev–Trinajstić information content (AvgIpc) is 3.64. The molecule has 2 aromatic carbocycles. The lowest BCUT2D eigenvalue weighted by Gasteiger charge is -2.30. The van der Waals surface area contributed by atoms with E-state index in [1.807, 2.05) is 67.6 Å². The third kappa shape index (κ3) is 6.97. The van der Waals surface area contributed by atoms with Crippen LogP contribution >= 0.6 is 0 Å². The van der Waals surface area contributed by atoms with Crippen LogP contribution in [0.3, 0.4) is 0 Å². The molecule has 2 N–H and O–H groups in total. The fraction of sp³-hybridized carbons (Fsp3) is 0.500. The molecular weight excluding hydrogens is 530 g/mol. The van der Waals surface area contributed by atoms with E-state index >= 15 is 0 Å². The summed E-state index contributed by atoms with van der Waals surface area (Å²) in [6, 6.07) is 17.1. The molecule has 42 heavy (non-hydrogen) atoms. The molecule has 1 unspecified atom stereocenters. The van der Waals surface area contributed by atoms with Crippen molar-refractivity contribution in [3.8, 4) is 0 Å². The zero-order valence-electron chi connectivity index (χ0n) is 24.3. The summed E-state index contributed by atoms with van der Waals surface area (Å²) in [7, 11) is 0. The van der Waals surface area contributed by atoms with E-state index in [2.05, 4.69) is 10.6 Å². The van der Waals surface area contributed by atoms with Crippen molar-refractivity contribution < 1.29 is 24.0 Å². The summed E-state index contributed by atoms with van der Waals surface area (Å²) in [5.41, 5.74) is 1.88. The van der Waals surface area contributed by atoms with Gasteiger partial charge in [0.1, 0.15) is 11.8 Å². The minimum Gasteiger partial charge on any atom is -0.352 e. The Balaban J connectivity index is 1.48. The predicted octanol–water partition coefficient (Wildman–Crippen LogP) is 3.42. The van der Waals surface area contributed by atoms with Gasteiger partial charge in [-0.2, -0.15) is 0 Å². The minimum absolute atomic E-state index is 0.0155. The molecule has 3 aliphatic rings. The highest BCUT2D eigenvalue weighted by Gasteiger charge is 2.48. The van der Waals surface area contributed by atoms with Crippen molar-refractivity contribution in [1.82, 2.24) is 15.5 Å². The van der Waals surface area contributed by atoms with Gasteiger partial charge in [0.05, 0.1) is 6.04 Å². The molecule has 0 spiro atoms. The van der Waals surface area contributed by atoms with Gasteiger partial charge in [0, 0.05) is 50.1 Å². The number of benzene rings is 2. The van der Waals surface area contributed by atoms with Gasteiger partial charge < -0.3 is 15.5 Å². The molecule has 6 atom stereocenters. The van der Waals surface area contributed by atoms with Crippen molar-refractivity contribution in [1.29, 1.82) is 0 Å². The highest BCUT2D eigenvalue weighted by Crippen LogP contribution is 2.38. The molecule has 2 aromatic rings. The van der Waals surface area contributed by atoms with E-state index in [4.69, 9.17) is 0 Å². The molecule has 222 valence electrons. The second kappa shape index (κ2) is 13.4. The highest BCUT2D eigenvalue weighted by molar-refractivity contribution is 5.97. The third-order valence-electron chi connectivity index (χ3n) is 9.15. The summed E-state index contributed by atoms with van der Waals surface area (Å²) in [6.07, 6.45) is 3.84. The number of hydrogen-bond acceptors (Lipinski definition) is 5. The Labute approximate surface area is 247 Å². The van der Waals surface area contributed by atoms with E-state index in [0.29, 0.717) is 45.1 Å². The quantitative estimate of drug-likeness (QED) is 0.529. The van der Waals surface area contributed by atoms with Crippen LogP contribution in [0.15, 0.2) is 60.7 Å². The van der Waals surface area contributed by atoms with Crippen molar-refractivity contribution in [2.24, 2.45) is 17.8 Å². The number of ketones is 2. The molecule has 5 rings (SSSR count). The number of amides is 3. The standard InChI is InChI=1S/C34H41N3O5/c1-2-26(38)17-24-19-30-32(40)27-14-9-15-28(27)33(41)35-25(16-22-10-5-3-6-11-22)20-31(39)36-29(34(42)37(30)21-24)18-23-12-7-4-8-13-23/h3-8,10-13,24-25,27-30H,2,9,14-21H2,1H3,(H,35,41)(H,36,39)/t24-,25+,27?,28-,29+,30+/m1/s1. The average molecular weight is 572 g/mol. The van der Waals surface area contributed by atoms with Crippen LogP contribution in [0.5, 0.6) is 0 Å². The SMILES string of the molecule is CCC(=O)C[C@@H]1C[C@H]2C(=O)C3CCC[C@H]3C(=O)N[C@@H](Cc3ccccc3)CC(=O)N[C@@H](Cc3ccccc3)C(=O)N2C1. The summed E-state index contributed by atoms with van der Waals surface area (Å²) < 4.78 is 0. The maximum absolute atomic E-state index is 14.2. The molecule has 0 bridgehead atoms. The lowest BCUT2D eigenvalue weighted by molar-refractivity contribution is -0.143. The lowest BCUT2D eigenvalue weighted by atomic mass is 9.85. The molecule has 2 saturated heterocycles. The molecule has 0 aromatic heterocycles. The van der Waals surface area contributed by atoms with Crippen LogP contribution < -0.4 is 10.6 Å². The first-order valence-corrected chi connectivity index (χ1v) is 15.4. The van der Waals surface area contributed by atoms with Crippen LogP contribution in [0.25, 0.3) is 0 Å². The van der Waals surface area contributed by atoms with Gasteiger partial charge in [-0.3, -0.25) is 24.0 Å². The molecule has 8 heteroatoms. The molecule has 3 fully saturated rings. The first kappa shape index (κ1) is 29.7. The number of nitrogens with one attached hydrogen (secondary N) is 2. The first-order chi connectivity index (χ1) is 20.3. The van der Waals surface area contributed by atoms with Gasteiger partial charge in [0.2, 0.25) is 17.7 Å². The third-order valence-corrected chi connectivity index (χ3v) is 9.15. The van der Waals surface area contributed by atoms with Gasteiger partial charge >= 0.3 is 0 Å². The van der Waals surface area contributed by atoms with Crippen molar-refractivity contribution in [3.05, 3.63) is 71.8 Å². The fourth-order valence-electron chi connectivity index (χ4n) is 7.02. The molecule has 1 saturated carbocycles. The van der Waals surface area contributed by atoms with Crippen LogP contribution in [-0.2, 0) is 36.8 Å². The van der Waals surface area contributed by atoms with Crippen LogP contribution in [0.1, 0.15) is 63.0 Å². The van der Waals surface area contributed by atoms with E-state index in [0.717, 1.165) is 17.5 Å². The summed E-state index contributed by atoms with van der Waals surface area (Å²) in [6.45, 7) is 2.11. The Hall–Kier alpha value is -3.81. The second-order valence-electron chi connectivity index (χ2n) is 12.2. The van der Waals surface area contributed by atoms with E-state index in [1.165, 1.54) is 0 Å². The van der Waals surface area contributed by atoms with Crippen LogP contribution in [0.2, 0.25) is 0 Å². The van der Waals surface area contributed by atoms with E-state index in [9.17, 15) is 24.0 Å². The molecule has 1 aliphatic carbocycles. The fourth-order valence-corrected chi connectivity index (χ4v) is 7.02. The number of carbonyl (C=O) groups excluding carboxylic acids is 5. The van der Waals surface area contributed by atoms with Crippen molar-refractivity contribution in [3.63, 3.8) is 0 Å². The van der Waals surface area contributed by atoms with Crippen molar-refractivity contribution >= 4 is 29.3 Å². The monoisotopic (exact) mass is 571 g/mol. The summed E-state index contributed by atoms with van der Waals surface area (Å²) in [4.78, 5) is 69.5. The maximum Gasteiger partial charge on any atom is 0.246 e. The normalized spacial score (nSPS) is 28.5. The van der Waals surface area contributed by atoms with Crippen LogP contribution in [-0.4, -0.2) is 58.9 Å². The van der Waals surface area contributed by atoms with Gasteiger partial charge in [-0.1, -0.05) is 74.0 Å². The van der Waals surface area contributed by atoms with Crippen LogP contribution in [0.4, 0.5) is 0 Å². The number of nitrogens with zero attached hydrogens (tertiary/aromatic N) is 1. The van der Waals surface area contributed by atoms with E-state index in [1.54, 1.807) is 4.90 Å². The van der Waals surface area contributed by atoms with Crippen LogP contribution in [0, 0.1) is 17.8 Å². The molecule has 0 radical (unpaired) electrons. The van der Waals surface area contributed by atoms with E-state index < -0.39 is 30.0 Å². The zero-order chi connectivity index (χ0) is 29.6. The van der Waals surface area contributed by atoms with Crippen molar-refractivity contribution in [2.75, 3.05) is 6.54 Å². The smallest absolute Gasteiger partial charge is 0.246 e. The Morgan fingerprint density at radius 3 is 2.17 bits per heavy atom. The van der Waals surface area contributed by atoms with Gasteiger partial charge in [0.15, 0.2) is 5.78 Å². The van der Waals surface area contributed by atoms with E-state index in [-0.39, 0.29) is 48.0 Å². The number of hydrogen-bond donors (Lipinski definition) is 2. The maximum atomic E-state index is 14.2. The number of rotatable bonds is 7. The number of carbonyl (C=O) groups is 5. The van der Waals surface area contributed by atoms with Gasteiger partial charge in [-0.05, 0) is 42.7 Å². The molecule has 2 aliphatic heterocycles. The summed E-state index contributed by atoms with van der Waals surface area (Å²) in [5, 5.41) is 6.08. The van der Waals surface area contributed by atoms with Gasteiger partial charge in [0.25, 0.3) is 0 Å². The topological polar surface area (TPSA) is 113 Å². The summed E-state index contributed by atoms with van der Waals surface area (Å²) >= 11 is 0. The largest absolute Gasteiger partial charge is 0.352 e. The Morgan fingerprint density at radius 1 is 0.857 bits per heavy atom. The summed E-state index contributed by atoms with van der Waals surface area (Å²) in [5.74, 6) is -1.92. The molecule has 2 heterocycles. The second-order valence-corrected chi connectivity index (χ2v) is 12.2. The van der Waals surface area contributed by atoms with Gasteiger partial charge in [-0.15, -0.1) is 0 Å². The highest BCUT2D eigenvalue weighted by atomic mass is 16.2.